The summed E-state index contributed by atoms with van der Waals surface area (Å²) >= 11 is 0. The van der Waals surface area contributed by atoms with Crippen LogP contribution in [0, 0.1) is 11.3 Å². The number of hydrogen-bond donors (Lipinski definition) is 1. The van der Waals surface area contributed by atoms with Crippen LogP contribution in [0.25, 0.3) is 0 Å². The van der Waals surface area contributed by atoms with Crippen molar-refractivity contribution in [3.8, 4) is 11.8 Å². The van der Waals surface area contributed by atoms with Crippen molar-refractivity contribution in [3.05, 3.63) is 59.7 Å². The third-order valence-corrected chi connectivity index (χ3v) is 5.61. The number of anilines is 1. The van der Waals surface area contributed by atoms with Crippen molar-refractivity contribution >= 4 is 11.6 Å². The third-order valence-electron chi connectivity index (χ3n) is 5.61. The van der Waals surface area contributed by atoms with Gasteiger partial charge in [0.25, 0.3) is 5.91 Å². The molecule has 2 aromatic carbocycles. The predicted molar refractivity (Wildman–Crippen MR) is 120 cm³/mol. The van der Waals surface area contributed by atoms with Gasteiger partial charge >= 0.3 is 0 Å². The van der Waals surface area contributed by atoms with Gasteiger partial charge in [-0.1, -0.05) is 32.9 Å². The van der Waals surface area contributed by atoms with E-state index in [2.05, 4.69) is 49.2 Å². The number of ether oxygens (including phenoxy) is 1. The minimum Gasteiger partial charge on any atom is -0.481 e. The lowest BCUT2D eigenvalue weighted by atomic mass is 9.87. The first kappa shape index (κ1) is 21.7. The van der Waals surface area contributed by atoms with Crippen LogP contribution in [0.15, 0.2) is 48.5 Å². The molecule has 0 radical (unpaired) electrons. The van der Waals surface area contributed by atoms with Gasteiger partial charge in [0.1, 0.15) is 5.75 Å². The maximum Gasteiger partial charge on any atom is 0.260 e. The maximum atomic E-state index is 12.6. The van der Waals surface area contributed by atoms with Gasteiger partial charge in [-0.2, -0.15) is 5.26 Å². The van der Waals surface area contributed by atoms with E-state index in [0.717, 1.165) is 31.6 Å². The second-order valence-electron chi connectivity index (χ2n) is 8.96. The summed E-state index contributed by atoms with van der Waals surface area (Å²) in [5, 5.41) is 12.1. The minimum absolute atomic E-state index is 0.0771. The van der Waals surface area contributed by atoms with E-state index in [-0.39, 0.29) is 17.4 Å². The van der Waals surface area contributed by atoms with Crippen LogP contribution in [0.2, 0.25) is 0 Å². The highest BCUT2D eigenvalue weighted by molar-refractivity contribution is 5.81. The molecule has 158 valence electrons. The number of benzene rings is 2. The van der Waals surface area contributed by atoms with Gasteiger partial charge in [0.05, 0.1) is 11.6 Å². The van der Waals surface area contributed by atoms with Crippen LogP contribution in [0.4, 0.5) is 5.69 Å². The molecule has 1 amide bonds. The van der Waals surface area contributed by atoms with Gasteiger partial charge in [-0.3, -0.25) is 4.79 Å². The molecule has 0 saturated carbocycles. The number of nitrogens with one attached hydrogen (secondary N) is 1. The number of piperidine rings is 1. The van der Waals surface area contributed by atoms with Crippen LogP contribution in [0.3, 0.4) is 0 Å². The molecule has 0 spiro atoms. The Hall–Kier alpha value is -3.00. The molecule has 0 aliphatic carbocycles. The fraction of sp³-hybridized carbons (Fsp3) is 0.440. The van der Waals surface area contributed by atoms with E-state index in [1.807, 2.05) is 36.4 Å². The molecule has 1 atom stereocenters. The average Bonchev–Trinajstić information content (AvgIpc) is 2.74. The molecular weight excluding hydrogens is 374 g/mol. The summed E-state index contributed by atoms with van der Waals surface area (Å²) in [5.41, 5.74) is 3.12. The van der Waals surface area contributed by atoms with E-state index in [0.29, 0.717) is 11.3 Å². The summed E-state index contributed by atoms with van der Waals surface area (Å²) in [7, 11) is 0. The number of nitrogens with zero attached hydrogens (tertiary/aromatic N) is 2. The molecular formula is C25H31N3O2. The SMILES string of the molecule is CC(Oc1ccc(C(C)(C)C)cc1)C(=O)NC1CCN(c2ccc(C#N)cc2)CC1. The average molecular weight is 406 g/mol. The van der Waals surface area contributed by atoms with E-state index in [1.165, 1.54) is 5.56 Å². The second-order valence-corrected chi connectivity index (χ2v) is 8.96. The van der Waals surface area contributed by atoms with Crippen LogP contribution in [0.5, 0.6) is 5.75 Å². The Kier molecular flexibility index (Phi) is 6.66. The molecule has 1 N–H and O–H groups in total. The summed E-state index contributed by atoms with van der Waals surface area (Å²) in [6, 6.07) is 17.9. The van der Waals surface area contributed by atoms with E-state index in [9.17, 15) is 4.79 Å². The zero-order valence-corrected chi connectivity index (χ0v) is 18.3. The Bertz CT molecular complexity index is 884. The van der Waals surface area contributed by atoms with E-state index >= 15 is 0 Å². The van der Waals surface area contributed by atoms with Gasteiger partial charge in [-0.05, 0) is 67.1 Å². The number of amides is 1. The molecule has 0 bridgehead atoms. The highest BCUT2D eigenvalue weighted by Crippen LogP contribution is 2.25. The van der Waals surface area contributed by atoms with Crippen molar-refractivity contribution in [2.75, 3.05) is 18.0 Å². The zero-order chi connectivity index (χ0) is 21.7. The normalized spacial score (nSPS) is 15.9. The quantitative estimate of drug-likeness (QED) is 0.800. The number of carbonyl (C=O) groups excluding carboxylic acids is 1. The maximum absolute atomic E-state index is 12.6. The number of nitriles is 1. The first-order chi connectivity index (χ1) is 14.3. The van der Waals surface area contributed by atoms with Gasteiger partial charge in [-0.15, -0.1) is 0 Å². The Morgan fingerprint density at radius 2 is 1.70 bits per heavy atom. The van der Waals surface area contributed by atoms with Gasteiger partial charge in [0, 0.05) is 24.8 Å². The number of hydrogen-bond acceptors (Lipinski definition) is 4. The van der Waals surface area contributed by atoms with Crippen LogP contribution in [0.1, 0.15) is 51.7 Å². The van der Waals surface area contributed by atoms with Crippen molar-refractivity contribution in [1.29, 1.82) is 5.26 Å². The Balaban J connectivity index is 1.47. The highest BCUT2D eigenvalue weighted by Gasteiger charge is 2.24. The molecule has 1 fully saturated rings. The van der Waals surface area contributed by atoms with E-state index in [4.69, 9.17) is 10.00 Å². The molecule has 1 aliphatic rings. The molecule has 30 heavy (non-hydrogen) atoms. The van der Waals surface area contributed by atoms with Crippen LogP contribution in [-0.4, -0.2) is 31.1 Å². The van der Waals surface area contributed by atoms with Crippen LogP contribution in [-0.2, 0) is 10.2 Å². The second kappa shape index (κ2) is 9.21. The van der Waals surface area contributed by atoms with Gasteiger partial charge < -0.3 is 15.0 Å². The fourth-order valence-electron chi connectivity index (χ4n) is 3.64. The third kappa shape index (κ3) is 5.54. The number of rotatable bonds is 5. The Labute approximate surface area is 179 Å². The molecule has 5 heteroatoms. The summed E-state index contributed by atoms with van der Waals surface area (Å²) in [6.07, 6.45) is 1.24. The summed E-state index contributed by atoms with van der Waals surface area (Å²) in [6.45, 7) is 10.1. The van der Waals surface area contributed by atoms with Gasteiger partial charge in [-0.25, -0.2) is 0 Å². The fourth-order valence-corrected chi connectivity index (χ4v) is 3.64. The van der Waals surface area contributed by atoms with E-state index in [1.54, 1.807) is 6.92 Å². The first-order valence-corrected chi connectivity index (χ1v) is 10.6. The monoisotopic (exact) mass is 405 g/mol. The topological polar surface area (TPSA) is 65.4 Å². The minimum atomic E-state index is -0.540. The number of carbonyl (C=O) groups is 1. The molecule has 1 unspecified atom stereocenters. The van der Waals surface area contributed by atoms with Crippen molar-refractivity contribution in [2.24, 2.45) is 0 Å². The first-order valence-electron chi connectivity index (χ1n) is 10.6. The lowest BCUT2D eigenvalue weighted by Crippen LogP contribution is -2.48. The lowest BCUT2D eigenvalue weighted by Gasteiger charge is -2.34. The smallest absolute Gasteiger partial charge is 0.260 e. The molecule has 0 aromatic heterocycles. The molecule has 5 nitrogen and oxygen atoms in total. The molecule has 1 saturated heterocycles. The Morgan fingerprint density at radius 3 is 2.23 bits per heavy atom. The molecule has 1 aliphatic heterocycles. The zero-order valence-electron chi connectivity index (χ0n) is 18.3. The standard InChI is InChI=1S/C25H31N3O2/c1-18(30-23-11-7-20(8-12-23)25(2,3)4)24(29)27-21-13-15-28(16-14-21)22-9-5-19(17-26)6-10-22/h5-12,18,21H,13-16H2,1-4H3,(H,27,29). The molecule has 3 rings (SSSR count). The largest absolute Gasteiger partial charge is 0.481 e. The van der Waals surface area contributed by atoms with Crippen molar-refractivity contribution in [1.82, 2.24) is 5.32 Å². The Morgan fingerprint density at radius 1 is 1.10 bits per heavy atom. The van der Waals surface area contributed by atoms with Crippen molar-refractivity contribution < 1.29 is 9.53 Å². The van der Waals surface area contributed by atoms with Crippen molar-refractivity contribution in [2.45, 2.75) is 58.1 Å². The highest BCUT2D eigenvalue weighted by atomic mass is 16.5. The summed E-state index contributed by atoms with van der Waals surface area (Å²) < 4.78 is 5.85. The summed E-state index contributed by atoms with van der Waals surface area (Å²) in [5.74, 6) is 0.632. The lowest BCUT2D eigenvalue weighted by molar-refractivity contribution is -0.128. The summed E-state index contributed by atoms with van der Waals surface area (Å²) in [4.78, 5) is 14.9. The molecule has 2 aromatic rings. The van der Waals surface area contributed by atoms with Crippen molar-refractivity contribution in [3.63, 3.8) is 0 Å². The van der Waals surface area contributed by atoms with Gasteiger partial charge in [0.2, 0.25) is 0 Å². The van der Waals surface area contributed by atoms with Gasteiger partial charge in [0.15, 0.2) is 6.10 Å². The van der Waals surface area contributed by atoms with Crippen LogP contribution >= 0.6 is 0 Å². The molecule has 1 heterocycles. The van der Waals surface area contributed by atoms with Crippen LogP contribution < -0.4 is 15.0 Å². The van der Waals surface area contributed by atoms with E-state index < -0.39 is 6.10 Å². The predicted octanol–water partition coefficient (Wildman–Crippen LogP) is 4.41.